The molecule has 9 aromatic carbocycles. The zero-order chi connectivity index (χ0) is 55.4. The van der Waals surface area contributed by atoms with E-state index < -0.39 is 60.4 Å². The van der Waals surface area contributed by atoms with Crippen molar-refractivity contribution in [3.8, 4) is 67.4 Å². The highest BCUT2D eigenvalue weighted by molar-refractivity contribution is 5.97. The standard InChI is InChI=1S/C64H51N4O/c1-64(2,3)50-40-41-65-61(42-50)68(63-57(48-26-12-6-13-27-48)36-21-37-58(63)49-28-14-7-15-29-49)52-31-19-33-54(44-52)69-53-32-18-30-51(43-53)66-45-67(60-39-17-16-38-59(60)66)62-55(46-22-8-4-9-23-46)34-20-35-56(62)47-24-10-5-11-25-47/h4-45H,1-3H3/q+1/i4D,5D,8D,9D,10D,11D,22D,23D,24D,25D. The van der Waals surface area contributed by atoms with E-state index in [0.29, 0.717) is 28.2 Å². The van der Waals surface area contributed by atoms with Crippen LogP contribution in [0.15, 0.2) is 255 Å². The molecule has 0 aliphatic heterocycles. The minimum absolute atomic E-state index is 0.117. The van der Waals surface area contributed by atoms with Gasteiger partial charge in [-0.3, -0.25) is 4.90 Å². The van der Waals surface area contributed by atoms with Gasteiger partial charge in [-0.25, -0.2) is 4.98 Å². The van der Waals surface area contributed by atoms with E-state index in [9.17, 15) is 0 Å². The van der Waals surface area contributed by atoms with Crippen LogP contribution in [0.3, 0.4) is 0 Å². The molecule has 5 nitrogen and oxygen atoms in total. The Bertz CT molecular complexity index is 3980. The number of pyridine rings is 1. The topological polar surface area (TPSA) is 34.2 Å². The molecule has 0 saturated heterocycles. The zero-order valence-corrected chi connectivity index (χ0v) is 38.2. The van der Waals surface area contributed by atoms with Crippen molar-refractivity contribution in [3.05, 3.63) is 261 Å². The second kappa shape index (κ2) is 18.5. The third kappa shape index (κ3) is 8.59. The van der Waals surface area contributed by atoms with Crippen molar-refractivity contribution >= 4 is 28.2 Å². The summed E-state index contributed by atoms with van der Waals surface area (Å²) in [6.45, 7) is 6.57. The lowest BCUT2D eigenvalue weighted by Gasteiger charge is -2.31. The molecule has 5 heteroatoms. The molecule has 11 aromatic rings. The van der Waals surface area contributed by atoms with Gasteiger partial charge < -0.3 is 4.74 Å². The summed E-state index contributed by atoms with van der Waals surface area (Å²) in [6, 6.07) is 53.9. The van der Waals surface area contributed by atoms with Crippen LogP contribution >= 0.6 is 0 Å². The molecule has 0 atom stereocenters. The molecule has 0 aliphatic rings. The number of imidazole rings is 1. The largest absolute Gasteiger partial charge is 0.457 e. The van der Waals surface area contributed by atoms with Gasteiger partial charge in [0.25, 0.3) is 6.33 Å². The fourth-order valence-electron chi connectivity index (χ4n) is 8.86. The lowest BCUT2D eigenvalue weighted by Crippen LogP contribution is -2.30. The third-order valence-corrected chi connectivity index (χ3v) is 12.1. The number of benzene rings is 9. The Morgan fingerprint density at radius 2 is 1.07 bits per heavy atom. The van der Waals surface area contributed by atoms with Gasteiger partial charge >= 0.3 is 0 Å². The molecule has 0 unspecified atom stereocenters. The van der Waals surface area contributed by atoms with Crippen LogP contribution in [-0.2, 0) is 5.41 Å². The minimum Gasteiger partial charge on any atom is -0.457 e. The number of fused-ring (bicyclic) bond motifs is 1. The number of hydrogen-bond acceptors (Lipinski definition) is 3. The van der Waals surface area contributed by atoms with Gasteiger partial charge in [-0.1, -0.05) is 203 Å². The van der Waals surface area contributed by atoms with E-state index >= 15 is 0 Å². The first-order valence-corrected chi connectivity index (χ1v) is 22.7. The van der Waals surface area contributed by atoms with E-state index in [-0.39, 0.29) is 33.4 Å². The highest BCUT2D eigenvalue weighted by atomic mass is 16.5. The number of hydrogen-bond donors (Lipinski definition) is 0. The van der Waals surface area contributed by atoms with Crippen molar-refractivity contribution in [2.24, 2.45) is 0 Å². The van der Waals surface area contributed by atoms with Gasteiger partial charge in [-0.05, 0) is 81.8 Å². The van der Waals surface area contributed by atoms with Crippen molar-refractivity contribution in [1.29, 1.82) is 0 Å². The maximum Gasteiger partial charge on any atom is 0.255 e. The number of aromatic nitrogens is 3. The van der Waals surface area contributed by atoms with Crippen molar-refractivity contribution in [2.45, 2.75) is 26.2 Å². The first-order chi connectivity index (χ1) is 38.0. The fraction of sp³-hybridized carbons (Fsp3) is 0.0625. The van der Waals surface area contributed by atoms with Gasteiger partial charge in [0.05, 0.1) is 25.1 Å². The molecule has 0 N–H and O–H groups in total. The minimum atomic E-state index is -0.564. The first kappa shape index (κ1) is 32.8. The summed E-state index contributed by atoms with van der Waals surface area (Å²) in [4.78, 5) is 7.27. The van der Waals surface area contributed by atoms with Crippen LogP contribution in [0.4, 0.5) is 17.2 Å². The van der Waals surface area contributed by atoms with E-state index in [2.05, 4.69) is 86.3 Å². The average molecular weight is 902 g/mol. The molecule has 0 saturated carbocycles. The second-order valence-corrected chi connectivity index (χ2v) is 17.6. The number of nitrogens with zero attached hydrogens (tertiary/aromatic N) is 4. The summed E-state index contributed by atoms with van der Waals surface area (Å²) in [5.41, 5.74) is 9.11. The molecule has 0 aliphatic carbocycles. The van der Waals surface area contributed by atoms with E-state index in [0.717, 1.165) is 45.0 Å². The van der Waals surface area contributed by atoms with Crippen LogP contribution in [0.2, 0.25) is 0 Å². The van der Waals surface area contributed by atoms with Crippen molar-refractivity contribution < 1.29 is 23.0 Å². The summed E-state index contributed by atoms with van der Waals surface area (Å²) in [5, 5.41) is 0. The molecule has 0 bridgehead atoms. The molecule has 0 fully saturated rings. The Balaban J connectivity index is 1.07. The summed E-state index contributed by atoms with van der Waals surface area (Å²) < 4.78 is 98.2. The quantitative estimate of drug-likeness (QED) is 0.121. The Kier molecular flexibility index (Phi) is 8.78. The summed E-state index contributed by atoms with van der Waals surface area (Å²) in [7, 11) is 0. The number of para-hydroxylation sites is 4. The van der Waals surface area contributed by atoms with E-state index in [1.807, 2.05) is 114 Å². The smallest absolute Gasteiger partial charge is 0.255 e. The van der Waals surface area contributed by atoms with Crippen LogP contribution < -0.4 is 14.2 Å². The van der Waals surface area contributed by atoms with E-state index in [1.54, 1.807) is 29.1 Å². The van der Waals surface area contributed by atoms with Gasteiger partial charge in [0.1, 0.15) is 28.7 Å². The number of ether oxygens (including phenoxy) is 1. The fourth-order valence-corrected chi connectivity index (χ4v) is 8.86. The van der Waals surface area contributed by atoms with Gasteiger partial charge in [0.2, 0.25) is 0 Å². The Hall–Kier alpha value is -8.80. The monoisotopic (exact) mass is 901 g/mol. The van der Waals surface area contributed by atoms with Crippen LogP contribution in [-0.4, -0.2) is 9.55 Å². The molecule has 0 amide bonds. The Morgan fingerprint density at radius 1 is 0.522 bits per heavy atom. The molecule has 69 heavy (non-hydrogen) atoms. The average Bonchev–Trinajstić information content (AvgIpc) is 4.05. The van der Waals surface area contributed by atoms with E-state index in [1.165, 1.54) is 0 Å². The van der Waals surface area contributed by atoms with Crippen LogP contribution in [0.1, 0.15) is 40.0 Å². The summed E-state index contributed by atoms with van der Waals surface area (Å²) in [6.07, 6.45) is 3.64. The molecule has 0 spiro atoms. The maximum atomic E-state index is 9.09. The lowest BCUT2D eigenvalue weighted by molar-refractivity contribution is -0.566. The molecular weight excluding hydrogens is 841 g/mol. The lowest BCUT2D eigenvalue weighted by atomic mass is 9.87. The van der Waals surface area contributed by atoms with Crippen LogP contribution in [0.25, 0.3) is 66.9 Å². The number of rotatable bonds is 11. The molecule has 2 heterocycles. The maximum absolute atomic E-state index is 9.09. The molecule has 11 rings (SSSR count). The van der Waals surface area contributed by atoms with Gasteiger partial charge in [0, 0.05) is 40.6 Å². The van der Waals surface area contributed by atoms with E-state index in [4.69, 9.17) is 23.4 Å². The zero-order valence-electron chi connectivity index (χ0n) is 48.2. The van der Waals surface area contributed by atoms with Gasteiger partial charge in [0.15, 0.2) is 11.0 Å². The second-order valence-electron chi connectivity index (χ2n) is 17.6. The first-order valence-electron chi connectivity index (χ1n) is 27.7. The molecular formula is C64H51N4O+. The van der Waals surface area contributed by atoms with Crippen molar-refractivity contribution in [1.82, 2.24) is 9.55 Å². The normalized spacial score (nSPS) is 13.4. The van der Waals surface area contributed by atoms with Crippen molar-refractivity contribution in [3.63, 3.8) is 0 Å². The Morgan fingerprint density at radius 3 is 1.70 bits per heavy atom. The van der Waals surface area contributed by atoms with Crippen molar-refractivity contribution in [2.75, 3.05) is 4.90 Å². The highest BCUT2D eigenvalue weighted by Crippen LogP contribution is 2.47. The predicted octanol–water partition coefficient (Wildman–Crippen LogP) is 16.5. The summed E-state index contributed by atoms with van der Waals surface area (Å²) >= 11 is 0. The third-order valence-electron chi connectivity index (χ3n) is 12.1. The van der Waals surface area contributed by atoms with Gasteiger partial charge in [-0.2, -0.15) is 9.13 Å². The predicted molar refractivity (Wildman–Crippen MR) is 284 cm³/mol. The highest BCUT2D eigenvalue weighted by Gasteiger charge is 2.27. The molecule has 2 aromatic heterocycles. The Labute approximate surface area is 418 Å². The molecule has 332 valence electrons. The van der Waals surface area contributed by atoms with Crippen LogP contribution in [0.5, 0.6) is 11.5 Å². The molecule has 0 radical (unpaired) electrons. The van der Waals surface area contributed by atoms with Gasteiger partial charge in [-0.15, -0.1) is 0 Å². The SMILES string of the molecule is [2H]c1c([2H])c([2H])c(-c2cccc(-c3c([2H])c([2H])c([2H])c([2H])c3[2H])c2-[n+]2cn(-c3cccc(Oc4cccc(N(c5cc(C(C)(C)C)ccn5)c5c(-c6ccccc6)cccc5-c5ccccc5)c4)c3)c3ccccc32)c([2H])c1[2H]. The van der Waals surface area contributed by atoms with Crippen LogP contribution in [0, 0.1) is 0 Å². The summed E-state index contributed by atoms with van der Waals surface area (Å²) in [5.74, 6) is 1.78. The number of anilines is 3.